The average molecular weight is 787 g/mol. The van der Waals surface area contributed by atoms with E-state index in [1.54, 1.807) is 24.5 Å². The molecule has 0 saturated heterocycles. The van der Waals surface area contributed by atoms with Crippen molar-refractivity contribution in [3.05, 3.63) is 132 Å². The molecule has 0 radical (unpaired) electrons. The Kier molecular flexibility index (Phi) is 19.0. The van der Waals surface area contributed by atoms with Crippen LogP contribution in [0.5, 0.6) is 0 Å². The maximum atomic E-state index is 13.1. The lowest BCUT2D eigenvalue weighted by Crippen LogP contribution is -2.46. The van der Waals surface area contributed by atoms with Gasteiger partial charge in [-0.1, -0.05) is 60.7 Å². The van der Waals surface area contributed by atoms with E-state index >= 15 is 0 Å². The summed E-state index contributed by atoms with van der Waals surface area (Å²) in [6.45, 7) is 2.85. The zero-order chi connectivity index (χ0) is 37.3. The number of amides is 3. The molecule has 16 heteroatoms. The smallest absolute Gasteiger partial charge is 0.412 e. The molecule has 2 aromatic carbocycles. The predicted molar refractivity (Wildman–Crippen MR) is 200 cm³/mol. The van der Waals surface area contributed by atoms with E-state index in [0.29, 0.717) is 12.8 Å². The van der Waals surface area contributed by atoms with Crippen LogP contribution < -0.4 is 25.1 Å². The fraction of sp³-hybridized carbons (Fsp3) is 0.289. The maximum Gasteiger partial charge on any atom is 0.412 e. The second-order valence-electron chi connectivity index (χ2n) is 12.0. The largest absolute Gasteiger partial charge is 0.467 e. The molecule has 4 aromatic rings. The Hall–Kier alpha value is -5.73. The molecule has 4 rings (SSSR count). The molecule has 0 unspecified atom stereocenters. The highest BCUT2D eigenvalue weighted by Crippen LogP contribution is 2.06. The van der Waals surface area contributed by atoms with E-state index in [1.165, 1.54) is 33.7 Å². The molecule has 288 valence electrons. The second kappa shape index (κ2) is 23.0. The van der Waals surface area contributed by atoms with Gasteiger partial charge in [-0.25, -0.2) is 19.2 Å². The molecule has 14 nitrogen and oxygen atoms in total. The summed E-state index contributed by atoms with van der Waals surface area (Å²) in [5.41, 5.74) is 2.41. The van der Waals surface area contributed by atoms with Crippen LogP contribution in [0.3, 0.4) is 0 Å². The summed E-state index contributed by atoms with van der Waals surface area (Å²) in [4.78, 5) is 63.1. The number of halogens is 2. The zero-order valence-electron chi connectivity index (χ0n) is 30.0. The van der Waals surface area contributed by atoms with Crippen LogP contribution in [0.25, 0.3) is 0 Å². The lowest BCUT2D eigenvalue weighted by atomic mass is 10.1. The van der Waals surface area contributed by atoms with Crippen molar-refractivity contribution in [2.75, 3.05) is 13.7 Å². The number of ether oxygens (including phenoxy) is 4. The van der Waals surface area contributed by atoms with Crippen molar-refractivity contribution >= 4 is 54.8 Å². The van der Waals surface area contributed by atoms with Gasteiger partial charge in [0.1, 0.15) is 17.7 Å². The monoisotopic (exact) mass is 785 g/mol. The van der Waals surface area contributed by atoms with Gasteiger partial charge in [-0.15, -0.1) is 24.8 Å². The number of carbonyl (C=O) groups is 5. The Bertz CT molecular complexity index is 1820. The highest BCUT2D eigenvalue weighted by Gasteiger charge is 2.26. The van der Waals surface area contributed by atoms with Crippen LogP contribution in [-0.4, -0.2) is 61.9 Å². The first-order chi connectivity index (χ1) is 25.1. The number of nitrogens with zero attached hydrogens (tertiary/aromatic N) is 2. The first-order valence-electron chi connectivity index (χ1n) is 16.6. The van der Waals surface area contributed by atoms with E-state index in [0.717, 1.165) is 18.2 Å². The van der Waals surface area contributed by atoms with Crippen LogP contribution in [0.1, 0.15) is 45.7 Å². The molecule has 54 heavy (non-hydrogen) atoms. The fourth-order valence-corrected chi connectivity index (χ4v) is 5.04. The molecule has 2 aromatic heterocycles. The minimum Gasteiger partial charge on any atom is -0.467 e. The highest BCUT2D eigenvalue weighted by molar-refractivity contribution is 5.96. The number of rotatable bonds is 16. The van der Waals surface area contributed by atoms with Crippen LogP contribution >= 0.6 is 24.8 Å². The number of pyridine rings is 2. The lowest BCUT2D eigenvalue weighted by molar-refractivity contribution is -0.727. The Morgan fingerprint density at radius 3 is 1.56 bits per heavy atom. The number of alkyl carbamates (subject to hydrolysis) is 2. The van der Waals surface area contributed by atoms with Crippen molar-refractivity contribution < 1.29 is 52.1 Å². The number of nitrogens with one attached hydrogen (secondary N) is 3. The number of aromatic nitrogens is 2. The molecule has 0 aliphatic carbocycles. The van der Waals surface area contributed by atoms with Gasteiger partial charge in [-0.05, 0) is 49.9 Å². The molecule has 3 atom stereocenters. The number of benzene rings is 2. The van der Waals surface area contributed by atoms with Crippen LogP contribution in [0.4, 0.5) is 9.59 Å². The van der Waals surface area contributed by atoms with Gasteiger partial charge < -0.3 is 34.9 Å². The molecular formula is C38H45Cl2N5O9+2. The zero-order valence-corrected chi connectivity index (χ0v) is 31.7. The van der Waals surface area contributed by atoms with Crippen molar-refractivity contribution in [2.45, 2.75) is 58.3 Å². The van der Waals surface area contributed by atoms with Crippen molar-refractivity contribution in [3.8, 4) is 0 Å². The minimum atomic E-state index is -1.33. The maximum absolute atomic E-state index is 13.1. The second-order valence-corrected chi connectivity index (χ2v) is 12.0. The number of carbonyl (C=O) groups excluding carboxylic acids is 5. The lowest BCUT2D eigenvalue weighted by Gasteiger charge is -2.16. The number of hydrogen-bond donors (Lipinski definition) is 3. The summed E-state index contributed by atoms with van der Waals surface area (Å²) in [7, 11) is 1.14. The molecule has 0 spiro atoms. The Labute approximate surface area is 326 Å². The molecular weight excluding hydrogens is 741 g/mol. The molecule has 3 amide bonds. The molecule has 3 N–H and O–H groups in total. The van der Waals surface area contributed by atoms with Gasteiger partial charge in [0.2, 0.25) is 0 Å². The van der Waals surface area contributed by atoms with Crippen molar-refractivity contribution in [3.63, 3.8) is 0 Å². The molecule has 0 bridgehead atoms. The molecule has 0 aliphatic heterocycles. The van der Waals surface area contributed by atoms with E-state index in [9.17, 15) is 24.0 Å². The van der Waals surface area contributed by atoms with Crippen LogP contribution in [0, 0.1) is 0 Å². The summed E-state index contributed by atoms with van der Waals surface area (Å²) in [5, 5.41) is 8.06. The number of esters is 2. The molecule has 0 aliphatic rings. The van der Waals surface area contributed by atoms with E-state index in [2.05, 4.69) is 16.0 Å². The Morgan fingerprint density at radius 2 is 1.07 bits per heavy atom. The third-order valence-electron chi connectivity index (χ3n) is 7.57. The third-order valence-corrected chi connectivity index (χ3v) is 7.57. The van der Waals surface area contributed by atoms with Gasteiger partial charge in [0.05, 0.1) is 7.11 Å². The minimum absolute atomic E-state index is 0. The van der Waals surface area contributed by atoms with Gasteiger partial charge >= 0.3 is 24.1 Å². The van der Waals surface area contributed by atoms with Gasteiger partial charge in [-0.3, -0.25) is 4.79 Å². The quantitative estimate of drug-likeness (QED) is 0.0869. The van der Waals surface area contributed by atoms with Gasteiger partial charge in [0.25, 0.3) is 19.4 Å². The van der Waals surface area contributed by atoms with E-state index in [-0.39, 0.29) is 61.5 Å². The first-order valence-corrected chi connectivity index (χ1v) is 16.6. The fourth-order valence-electron chi connectivity index (χ4n) is 5.04. The number of methoxy groups -OCH3 is 1. The Balaban J connectivity index is 0.00000504. The van der Waals surface area contributed by atoms with E-state index < -0.39 is 42.7 Å². The summed E-state index contributed by atoms with van der Waals surface area (Å²) in [6, 6.07) is 23.9. The van der Waals surface area contributed by atoms with Crippen LogP contribution in [-0.2, 0) is 50.0 Å². The molecule has 0 fully saturated rings. The normalized spacial score (nSPS) is 11.8. The number of hydrogen-bond acceptors (Lipinski definition) is 9. The van der Waals surface area contributed by atoms with Crippen LogP contribution in [0.2, 0.25) is 0 Å². The Morgan fingerprint density at radius 1 is 0.611 bits per heavy atom. The van der Waals surface area contributed by atoms with Crippen molar-refractivity contribution in [1.82, 2.24) is 16.0 Å². The highest BCUT2D eigenvalue weighted by atomic mass is 35.5. The molecule has 2 heterocycles. The third kappa shape index (κ3) is 15.1. The first kappa shape index (κ1) is 44.4. The predicted octanol–water partition coefficient (Wildman–Crippen LogP) is 3.86. The summed E-state index contributed by atoms with van der Waals surface area (Å²) < 4.78 is 23.7. The summed E-state index contributed by atoms with van der Waals surface area (Å²) in [5.74, 6) is -2.28. The van der Waals surface area contributed by atoms with Crippen LogP contribution in [0.15, 0.2) is 110 Å². The van der Waals surface area contributed by atoms with Crippen molar-refractivity contribution in [2.24, 2.45) is 0 Å². The van der Waals surface area contributed by atoms with Gasteiger partial charge in [0.15, 0.2) is 30.8 Å². The topological polar surface area (TPSA) is 166 Å². The van der Waals surface area contributed by atoms with E-state index in [1.807, 2.05) is 74.5 Å². The van der Waals surface area contributed by atoms with E-state index in [4.69, 9.17) is 18.9 Å². The van der Waals surface area contributed by atoms with Gasteiger partial charge in [-0.2, -0.15) is 9.13 Å². The standard InChI is InChI=1S/C38H41N5O9.2ClH/c1-27(20-29-12-6-4-7-13-29)39-37(47)51-25-42-18-10-16-31(22-42)34(44)41-33(36(46)49-3)24-50-35(45)32-17-11-19-43(23-32)26-52-38(48)40-28(2)21-30-14-8-5-9-15-30;;/h4-19,22-23,27-28,33H,20-21,24-26H2,1-3H3,(H-2,39,40,41,44,47,48);2*1H/p+2/t27-,28-,33-;;/m0../s1. The summed E-state index contributed by atoms with van der Waals surface area (Å²) in [6.07, 6.45) is 6.09. The van der Waals surface area contributed by atoms with Crippen molar-refractivity contribution in [1.29, 1.82) is 0 Å². The SMILES string of the molecule is COC(=O)[C@H](COC(=O)c1ccc[n+](COC(=O)N[C@@H](C)Cc2ccccc2)c1)NC(=O)c1ccc[n+](COC(=O)N[C@@H](C)Cc2ccccc2)c1.Cl.Cl. The van der Waals surface area contributed by atoms with Gasteiger partial charge in [0, 0.05) is 24.2 Å². The average Bonchev–Trinajstić information content (AvgIpc) is 3.15. The molecule has 0 saturated carbocycles. The summed E-state index contributed by atoms with van der Waals surface area (Å²) >= 11 is 0.